The molecule has 7 heteroatoms. The molecule has 0 unspecified atom stereocenters. The van der Waals surface area contributed by atoms with Gasteiger partial charge in [0.2, 0.25) is 5.91 Å². The molecule has 2 amide bonds. The summed E-state index contributed by atoms with van der Waals surface area (Å²) in [6, 6.07) is 2.70. The summed E-state index contributed by atoms with van der Waals surface area (Å²) in [5.74, 6) is -1.01. The Labute approximate surface area is 120 Å². The zero-order valence-electron chi connectivity index (χ0n) is 9.99. The average molecular weight is 303 g/mol. The molecule has 19 heavy (non-hydrogen) atoms. The number of halogens is 2. The molecule has 1 aliphatic heterocycles. The van der Waals surface area contributed by atoms with E-state index >= 15 is 0 Å². The predicted molar refractivity (Wildman–Crippen MR) is 71.7 cm³/mol. The van der Waals surface area contributed by atoms with Gasteiger partial charge in [0, 0.05) is 13.1 Å². The summed E-state index contributed by atoms with van der Waals surface area (Å²) in [5.41, 5.74) is 5.51. The van der Waals surface area contributed by atoms with Gasteiger partial charge in [-0.15, -0.1) is 0 Å². The van der Waals surface area contributed by atoms with E-state index in [1.165, 1.54) is 12.1 Å². The van der Waals surface area contributed by atoms with Crippen LogP contribution in [0.15, 0.2) is 12.1 Å². The van der Waals surface area contributed by atoms with Crippen molar-refractivity contribution >= 4 is 35.0 Å². The lowest BCUT2D eigenvalue weighted by molar-refractivity contribution is 0.0302. The molecule has 0 aliphatic carbocycles. The summed E-state index contributed by atoms with van der Waals surface area (Å²) >= 11 is 11.7. The van der Waals surface area contributed by atoms with E-state index in [1.54, 1.807) is 4.90 Å². The third-order valence-corrected chi connectivity index (χ3v) is 3.58. The Balaban J connectivity index is 2.39. The Hall–Kier alpha value is -1.30. The van der Waals surface area contributed by atoms with Crippen LogP contribution in [0.4, 0.5) is 0 Å². The molecule has 1 aliphatic rings. The van der Waals surface area contributed by atoms with Gasteiger partial charge in [0.15, 0.2) is 0 Å². The van der Waals surface area contributed by atoms with Gasteiger partial charge in [-0.05, 0) is 12.1 Å². The maximum absolute atomic E-state index is 12.3. The van der Waals surface area contributed by atoms with Crippen LogP contribution in [-0.4, -0.2) is 43.0 Å². The Morgan fingerprint density at radius 2 is 1.63 bits per heavy atom. The fraction of sp³-hybridized carbons (Fsp3) is 0.333. The summed E-state index contributed by atoms with van der Waals surface area (Å²) in [6.07, 6.45) is 0. The Morgan fingerprint density at radius 1 is 1.11 bits per heavy atom. The first-order chi connectivity index (χ1) is 9.00. The number of amides is 2. The first kappa shape index (κ1) is 14.1. The van der Waals surface area contributed by atoms with Crippen molar-refractivity contribution < 1.29 is 14.3 Å². The molecule has 0 radical (unpaired) electrons. The van der Waals surface area contributed by atoms with Gasteiger partial charge in [-0.2, -0.15) is 0 Å². The number of rotatable bonds is 2. The SMILES string of the molecule is NC(=O)c1cc(Cl)c(Cl)cc1C(=O)N1CCOCC1. The highest BCUT2D eigenvalue weighted by Gasteiger charge is 2.24. The van der Waals surface area contributed by atoms with Crippen molar-refractivity contribution in [3.8, 4) is 0 Å². The Bertz CT molecular complexity index is 528. The van der Waals surface area contributed by atoms with E-state index < -0.39 is 5.91 Å². The number of ether oxygens (including phenoxy) is 1. The average Bonchev–Trinajstić information content (AvgIpc) is 2.41. The zero-order chi connectivity index (χ0) is 14.0. The molecular weight excluding hydrogens is 291 g/mol. The van der Waals surface area contributed by atoms with Crippen molar-refractivity contribution in [1.29, 1.82) is 0 Å². The van der Waals surface area contributed by atoms with Crippen LogP contribution >= 0.6 is 23.2 Å². The summed E-state index contributed by atoms with van der Waals surface area (Å²) in [7, 11) is 0. The van der Waals surface area contributed by atoms with Gasteiger partial charge in [-0.1, -0.05) is 23.2 Å². The second kappa shape index (κ2) is 5.77. The number of carbonyl (C=O) groups excluding carboxylic acids is 2. The monoisotopic (exact) mass is 302 g/mol. The molecule has 0 aromatic heterocycles. The molecular formula is C12H12Cl2N2O3. The van der Waals surface area contributed by atoms with Gasteiger partial charge < -0.3 is 15.4 Å². The molecule has 0 atom stereocenters. The maximum atomic E-state index is 12.3. The van der Waals surface area contributed by atoms with Crippen LogP contribution in [0.3, 0.4) is 0 Å². The van der Waals surface area contributed by atoms with Crippen molar-refractivity contribution in [3.63, 3.8) is 0 Å². The lowest BCUT2D eigenvalue weighted by Crippen LogP contribution is -2.41. The minimum absolute atomic E-state index is 0.0749. The molecule has 102 valence electrons. The molecule has 1 fully saturated rings. The fourth-order valence-corrected chi connectivity index (χ4v) is 2.19. The van der Waals surface area contributed by atoms with Crippen LogP contribution in [0.25, 0.3) is 0 Å². The standard InChI is InChI=1S/C12H12Cl2N2O3/c13-9-5-7(11(15)17)8(6-10(9)14)12(18)16-1-3-19-4-2-16/h5-6H,1-4H2,(H2,15,17). The molecule has 1 aromatic rings. The smallest absolute Gasteiger partial charge is 0.254 e. The molecule has 2 rings (SSSR count). The van der Waals surface area contributed by atoms with Gasteiger partial charge in [0.25, 0.3) is 5.91 Å². The first-order valence-electron chi connectivity index (χ1n) is 5.66. The molecule has 5 nitrogen and oxygen atoms in total. The number of benzene rings is 1. The van der Waals surface area contributed by atoms with Crippen LogP contribution in [0, 0.1) is 0 Å². The third-order valence-electron chi connectivity index (χ3n) is 2.85. The zero-order valence-corrected chi connectivity index (χ0v) is 11.5. The highest BCUT2D eigenvalue weighted by Crippen LogP contribution is 2.27. The summed E-state index contributed by atoms with van der Waals surface area (Å²) < 4.78 is 5.17. The summed E-state index contributed by atoms with van der Waals surface area (Å²) in [6.45, 7) is 1.88. The quantitative estimate of drug-likeness (QED) is 0.901. The largest absolute Gasteiger partial charge is 0.378 e. The van der Waals surface area contributed by atoms with E-state index in [-0.39, 0.29) is 27.1 Å². The summed E-state index contributed by atoms with van der Waals surface area (Å²) in [5, 5.41) is 0.400. The molecule has 0 saturated carbocycles. The van der Waals surface area contributed by atoms with Crippen LogP contribution in [0.5, 0.6) is 0 Å². The van der Waals surface area contributed by atoms with Crippen molar-refractivity contribution in [2.75, 3.05) is 26.3 Å². The van der Waals surface area contributed by atoms with E-state index in [9.17, 15) is 9.59 Å². The van der Waals surface area contributed by atoms with Crippen LogP contribution in [0.2, 0.25) is 10.0 Å². The van der Waals surface area contributed by atoms with Gasteiger partial charge in [-0.25, -0.2) is 0 Å². The highest BCUT2D eigenvalue weighted by molar-refractivity contribution is 6.42. The lowest BCUT2D eigenvalue weighted by Gasteiger charge is -2.27. The van der Waals surface area contributed by atoms with E-state index in [1.807, 2.05) is 0 Å². The Kier molecular flexibility index (Phi) is 4.29. The second-order valence-corrected chi connectivity index (χ2v) is 4.90. The number of carbonyl (C=O) groups is 2. The van der Waals surface area contributed by atoms with Gasteiger partial charge >= 0.3 is 0 Å². The van der Waals surface area contributed by atoms with Crippen LogP contribution in [-0.2, 0) is 4.74 Å². The minimum Gasteiger partial charge on any atom is -0.378 e. The van der Waals surface area contributed by atoms with Crippen LogP contribution in [0.1, 0.15) is 20.7 Å². The molecule has 0 bridgehead atoms. The number of nitrogens with two attached hydrogens (primary N) is 1. The maximum Gasteiger partial charge on any atom is 0.254 e. The minimum atomic E-state index is -0.713. The number of nitrogens with zero attached hydrogens (tertiary/aromatic N) is 1. The normalized spacial score (nSPS) is 15.4. The molecule has 1 saturated heterocycles. The lowest BCUT2D eigenvalue weighted by atomic mass is 10.1. The first-order valence-corrected chi connectivity index (χ1v) is 6.42. The number of morpholine rings is 1. The second-order valence-electron chi connectivity index (χ2n) is 4.08. The predicted octanol–water partition coefficient (Wildman–Crippen LogP) is 1.56. The van der Waals surface area contributed by atoms with Crippen molar-refractivity contribution in [2.24, 2.45) is 5.73 Å². The molecule has 1 aromatic carbocycles. The van der Waals surface area contributed by atoms with E-state index in [0.717, 1.165) is 0 Å². The molecule has 2 N–H and O–H groups in total. The van der Waals surface area contributed by atoms with E-state index in [0.29, 0.717) is 26.3 Å². The van der Waals surface area contributed by atoms with Crippen molar-refractivity contribution in [3.05, 3.63) is 33.3 Å². The van der Waals surface area contributed by atoms with E-state index in [4.69, 9.17) is 33.7 Å². The van der Waals surface area contributed by atoms with Crippen molar-refractivity contribution in [2.45, 2.75) is 0 Å². The van der Waals surface area contributed by atoms with E-state index in [2.05, 4.69) is 0 Å². The number of primary amides is 1. The third kappa shape index (κ3) is 3.00. The molecule has 1 heterocycles. The number of hydrogen-bond acceptors (Lipinski definition) is 3. The molecule has 0 spiro atoms. The topological polar surface area (TPSA) is 72.6 Å². The van der Waals surface area contributed by atoms with Gasteiger partial charge in [0.1, 0.15) is 0 Å². The fourth-order valence-electron chi connectivity index (χ4n) is 1.86. The van der Waals surface area contributed by atoms with Gasteiger partial charge in [-0.3, -0.25) is 9.59 Å². The highest BCUT2D eigenvalue weighted by atomic mass is 35.5. The van der Waals surface area contributed by atoms with Crippen molar-refractivity contribution in [1.82, 2.24) is 4.90 Å². The van der Waals surface area contributed by atoms with Crippen LogP contribution < -0.4 is 5.73 Å². The van der Waals surface area contributed by atoms with Gasteiger partial charge in [0.05, 0.1) is 34.4 Å². The Morgan fingerprint density at radius 3 is 2.16 bits per heavy atom. The number of hydrogen-bond donors (Lipinski definition) is 1. The summed E-state index contributed by atoms with van der Waals surface area (Å²) in [4.78, 5) is 25.3.